The van der Waals surface area contributed by atoms with Crippen molar-refractivity contribution in [2.75, 3.05) is 10.6 Å². The van der Waals surface area contributed by atoms with Crippen LogP contribution < -0.4 is 10.6 Å². The Kier molecular flexibility index (Phi) is 5.89. The predicted octanol–water partition coefficient (Wildman–Crippen LogP) is 3.38. The average molecular weight is 326 g/mol. The molecule has 0 bridgehead atoms. The summed E-state index contributed by atoms with van der Waals surface area (Å²) < 4.78 is 1.58. The van der Waals surface area contributed by atoms with Crippen LogP contribution in [0.4, 0.5) is 11.4 Å². The van der Waals surface area contributed by atoms with Gasteiger partial charge in [0.1, 0.15) is 6.04 Å². The minimum atomic E-state index is -0.423. The molecule has 6 nitrogen and oxygen atoms in total. The Labute approximate surface area is 141 Å². The van der Waals surface area contributed by atoms with Crippen LogP contribution >= 0.6 is 0 Å². The van der Waals surface area contributed by atoms with Gasteiger partial charge in [0, 0.05) is 29.3 Å². The molecule has 1 atom stereocenters. The summed E-state index contributed by atoms with van der Waals surface area (Å²) in [5.41, 5.74) is 1.92. The number of hydrogen-bond acceptors (Lipinski definition) is 3. The normalized spacial score (nSPS) is 12.5. The van der Waals surface area contributed by atoms with Gasteiger partial charge < -0.3 is 10.6 Å². The lowest BCUT2D eigenvalue weighted by Crippen LogP contribution is -2.24. The highest BCUT2D eigenvalue weighted by Crippen LogP contribution is 2.17. The summed E-state index contributed by atoms with van der Waals surface area (Å²) >= 11 is 0. The molecule has 2 rings (SSSR count). The van der Waals surface area contributed by atoms with Crippen LogP contribution in [0.25, 0.3) is 0 Å². The van der Waals surface area contributed by atoms with Gasteiger partial charge in [-0.3, -0.25) is 14.3 Å². The molecule has 0 radical (unpaired) electrons. The zero-order valence-electron chi connectivity index (χ0n) is 14.1. The van der Waals surface area contributed by atoms with Crippen LogP contribution in [0.2, 0.25) is 0 Å². The quantitative estimate of drug-likeness (QED) is 0.799. The van der Waals surface area contributed by atoms with Crippen molar-refractivity contribution >= 4 is 23.2 Å². The van der Waals surface area contributed by atoms with Crippen molar-refractivity contribution in [3.63, 3.8) is 0 Å². The highest BCUT2D eigenvalue weighted by molar-refractivity contribution is 6.03. The van der Waals surface area contributed by atoms with Crippen LogP contribution in [0.15, 0.2) is 54.4 Å². The monoisotopic (exact) mass is 326 g/mol. The molecule has 0 fully saturated rings. The molecule has 0 aliphatic rings. The molecule has 0 saturated carbocycles. The number of rotatable bonds is 6. The molecule has 0 aliphatic carbocycles. The third kappa shape index (κ3) is 4.55. The Morgan fingerprint density at radius 3 is 2.58 bits per heavy atom. The minimum Gasteiger partial charge on any atom is -0.324 e. The van der Waals surface area contributed by atoms with Gasteiger partial charge in [0.2, 0.25) is 5.91 Å². The molecular formula is C18H22N4O2. The van der Waals surface area contributed by atoms with Crippen LogP contribution in [0.1, 0.15) is 33.2 Å². The van der Waals surface area contributed by atoms with Crippen molar-refractivity contribution in [2.45, 2.75) is 33.2 Å². The second kappa shape index (κ2) is 8.10. The Morgan fingerprint density at radius 2 is 1.96 bits per heavy atom. The number of hydrogen-bond donors (Lipinski definition) is 2. The molecule has 0 spiro atoms. The molecule has 1 heterocycles. The van der Waals surface area contributed by atoms with E-state index in [1.54, 1.807) is 61.3 Å². The largest absolute Gasteiger partial charge is 0.324 e. The van der Waals surface area contributed by atoms with Crippen molar-refractivity contribution in [2.24, 2.45) is 0 Å². The number of nitrogens with zero attached hydrogens (tertiary/aromatic N) is 2. The van der Waals surface area contributed by atoms with Crippen LogP contribution in [-0.2, 0) is 9.59 Å². The van der Waals surface area contributed by atoms with Gasteiger partial charge in [-0.25, -0.2) is 0 Å². The number of aromatic nitrogens is 2. The molecule has 24 heavy (non-hydrogen) atoms. The first-order chi connectivity index (χ1) is 11.5. The summed E-state index contributed by atoms with van der Waals surface area (Å²) in [4.78, 5) is 24.3. The van der Waals surface area contributed by atoms with Gasteiger partial charge >= 0.3 is 0 Å². The molecule has 0 aliphatic heterocycles. The second-order valence-electron chi connectivity index (χ2n) is 5.48. The van der Waals surface area contributed by atoms with Crippen LogP contribution in [0, 0.1) is 0 Å². The third-order valence-corrected chi connectivity index (χ3v) is 3.56. The first-order valence-corrected chi connectivity index (χ1v) is 7.89. The smallest absolute Gasteiger partial charge is 0.250 e. The standard InChI is InChI=1S/C18H22N4O2/c1-4-7-13(2)17(23)20-15-8-5-9-16(12-15)21-18(24)14(3)22-11-6-10-19-22/h5-12,14H,4H2,1-3H3,(H,20,23)(H,21,24)/b13-7-. The summed E-state index contributed by atoms with van der Waals surface area (Å²) in [5, 5.41) is 9.72. The zero-order valence-corrected chi connectivity index (χ0v) is 14.1. The van der Waals surface area contributed by atoms with Crippen molar-refractivity contribution in [3.05, 3.63) is 54.4 Å². The highest BCUT2D eigenvalue weighted by atomic mass is 16.2. The van der Waals surface area contributed by atoms with Gasteiger partial charge in [-0.15, -0.1) is 0 Å². The lowest BCUT2D eigenvalue weighted by Gasteiger charge is -2.13. The van der Waals surface area contributed by atoms with Crippen molar-refractivity contribution < 1.29 is 9.59 Å². The molecular weight excluding hydrogens is 304 g/mol. The number of carbonyl (C=O) groups excluding carboxylic acids is 2. The molecule has 6 heteroatoms. The van der Waals surface area contributed by atoms with Gasteiger partial charge in [-0.05, 0) is 44.5 Å². The fraction of sp³-hybridized carbons (Fsp3) is 0.278. The Morgan fingerprint density at radius 1 is 1.25 bits per heavy atom. The second-order valence-corrected chi connectivity index (χ2v) is 5.48. The summed E-state index contributed by atoms with van der Waals surface area (Å²) in [7, 11) is 0. The van der Waals surface area contributed by atoms with Gasteiger partial charge in [-0.1, -0.05) is 19.1 Å². The minimum absolute atomic E-state index is 0.148. The van der Waals surface area contributed by atoms with E-state index in [1.165, 1.54) is 0 Å². The Hall–Kier alpha value is -2.89. The van der Waals surface area contributed by atoms with Crippen molar-refractivity contribution in [1.29, 1.82) is 0 Å². The van der Waals surface area contributed by atoms with E-state index in [4.69, 9.17) is 0 Å². The first kappa shape index (κ1) is 17.5. The predicted molar refractivity (Wildman–Crippen MR) is 94.7 cm³/mol. The zero-order chi connectivity index (χ0) is 17.5. The Bertz CT molecular complexity index is 735. The maximum absolute atomic E-state index is 12.3. The van der Waals surface area contributed by atoms with Crippen molar-refractivity contribution in [1.82, 2.24) is 9.78 Å². The van der Waals surface area contributed by atoms with Crippen LogP contribution in [-0.4, -0.2) is 21.6 Å². The summed E-state index contributed by atoms with van der Waals surface area (Å²) in [6, 6.07) is 8.41. The van der Waals surface area contributed by atoms with Crippen LogP contribution in [0.3, 0.4) is 0 Å². The van der Waals surface area contributed by atoms with Crippen LogP contribution in [0.5, 0.6) is 0 Å². The number of carbonyl (C=O) groups is 2. The number of amides is 2. The molecule has 126 valence electrons. The Balaban J connectivity index is 2.03. The summed E-state index contributed by atoms with van der Waals surface area (Å²) in [6.07, 6.45) is 6.04. The summed E-state index contributed by atoms with van der Waals surface area (Å²) in [6.45, 7) is 5.52. The molecule has 1 aromatic heterocycles. The topological polar surface area (TPSA) is 76.0 Å². The van der Waals surface area contributed by atoms with E-state index in [2.05, 4.69) is 15.7 Å². The number of benzene rings is 1. The molecule has 2 aromatic rings. The van der Waals surface area contributed by atoms with Crippen molar-refractivity contribution in [3.8, 4) is 0 Å². The molecule has 1 unspecified atom stereocenters. The lowest BCUT2D eigenvalue weighted by molar-refractivity contribution is -0.119. The van der Waals surface area contributed by atoms with E-state index in [9.17, 15) is 9.59 Å². The molecule has 2 N–H and O–H groups in total. The molecule has 1 aromatic carbocycles. The van der Waals surface area contributed by atoms with E-state index in [-0.39, 0.29) is 11.8 Å². The van der Waals surface area contributed by atoms with E-state index < -0.39 is 6.04 Å². The first-order valence-electron chi connectivity index (χ1n) is 7.89. The molecule has 2 amide bonds. The van der Waals surface area contributed by atoms with Gasteiger partial charge in [-0.2, -0.15) is 5.10 Å². The maximum atomic E-state index is 12.3. The van der Waals surface area contributed by atoms with Gasteiger partial charge in [0.05, 0.1) is 0 Å². The lowest BCUT2D eigenvalue weighted by atomic mass is 10.2. The number of allylic oxidation sites excluding steroid dienone is 1. The maximum Gasteiger partial charge on any atom is 0.250 e. The van der Waals surface area contributed by atoms with Gasteiger partial charge in [0.25, 0.3) is 5.91 Å². The fourth-order valence-electron chi connectivity index (χ4n) is 2.18. The summed E-state index contributed by atoms with van der Waals surface area (Å²) in [5.74, 6) is -0.325. The third-order valence-electron chi connectivity index (χ3n) is 3.56. The van der Waals surface area contributed by atoms with E-state index in [0.717, 1.165) is 6.42 Å². The number of nitrogens with one attached hydrogen (secondary N) is 2. The highest BCUT2D eigenvalue weighted by Gasteiger charge is 2.15. The van der Waals surface area contributed by atoms with Gasteiger partial charge in [0.15, 0.2) is 0 Å². The fourth-order valence-corrected chi connectivity index (χ4v) is 2.18. The number of anilines is 2. The van der Waals surface area contributed by atoms with E-state index in [0.29, 0.717) is 16.9 Å². The average Bonchev–Trinajstić information content (AvgIpc) is 3.09. The van der Waals surface area contributed by atoms with E-state index in [1.807, 2.05) is 13.0 Å². The SMILES string of the molecule is CC/C=C(/C)C(=O)Nc1cccc(NC(=O)C(C)n2cccn2)c1. The van der Waals surface area contributed by atoms with E-state index >= 15 is 0 Å². The molecule has 0 saturated heterocycles.